The molecule has 1 saturated heterocycles. The van der Waals surface area contributed by atoms with Gasteiger partial charge < -0.3 is 4.57 Å². The maximum Gasteiger partial charge on any atom is 0.266 e. The molecule has 3 rings (SSSR count). The number of carbonyl (C=O) groups excluding carboxylic acids is 1. The second kappa shape index (κ2) is 5.87. The minimum absolute atomic E-state index is 0.0185. The summed E-state index contributed by atoms with van der Waals surface area (Å²) in [6, 6.07) is 13.8. The summed E-state index contributed by atoms with van der Waals surface area (Å²) in [5, 5.41) is 0. The average molecular weight is 314 g/mol. The summed E-state index contributed by atoms with van der Waals surface area (Å²) in [6.45, 7) is 0.524. The lowest BCUT2D eigenvalue weighted by Crippen LogP contribution is -2.27. The van der Waals surface area contributed by atoms with Gasteiger partial charge in [0, 0.05) is 18.9 Å². The highest BCUT2D eigenvalue weighted by Crippen LogP contribution is 2.33. The van der Waals surface area contributed by atoms with E-state index in [2.05, 4.69) is 0 Å². The monoisotopic (exact) mass is 314 g/mol. The first kappa shape index (κ1) is 14.1. The molecule has 0 atom stereocenters. The van der Waals surface area contributed by atoms with E-state index in [1.807, 2.05) is 66.4 Å². The van der Waals surface area contributed by atoms with E-state index in [1.165, 1.54) is 11.8 Å². The van der Waals surface area contributed by atoms with E-state index in [0.29, 0.717) is 15.8 Å². The Balaban J connectivity index is 1.83. The van der Waals surface area contributed by atoms with Gasteiger partial charge in [0.25, 0.3) is 5.91 Å². The number of hydrogen-bond donors (Lipinski definition) is 0. The van der Waals surface area contributed by atoms with Crippen LogP contribution in [0, 0.1) is 0 Å². The fourth-order valence-electron chi connectivity index (χ4n) is 2.16. The molecule has 3 nitrogen and oxygen atoms in total. The summed E-state index contributed by atoms with van der Waals surface area (Å²) >= 11 is 6.71. The average Bonchev–Trinajstić information content (AvgIpc) is 2.99. The van der Waals surface area contributed by atoms with Crippen LogP contribution >= 0.6 is 24.0 Å². The first-order valence-electron chi connectivity index (χ1n) is 6.56. The van der Waals surface area contributed by atoms with Crippen molar-refractivity contribution in [3.63, 3.8) is 0 Å². The van der Waals surface area contributed by atoms with Crippen molar-refractivity contribution >= 4 is 40.3 Å². The van der Waals surface area contributed by atoms with E-state index in [-0.39, 0.29) is 5.91 Å². The number of benzene rings is 1. The van der Waals surface area contributed by atoms with E-state index < -0.39 is 0 Å². The predicted molar refractivity (Wildman–Crippen MR) is 90.6 cm³/mol. The van der Waals surface area contributed by atoms with Gasteiger partial charge in [0.1, 0.15) is 4.32 Å². The summed E-state index contributed by atoms with van der Waals surface area (Å²) in [5.41, 5.74) is 2.07. The van der Waals surface area contributed by atoms with Crippen LogP contribution in [-0.2, 0) is 18.4 Å². The van der Waals surface area contributed by atoms with E-state index >= 15 is 0 Å². The summed E-state index contributed by atoms with van der Waals surface area (Å²) in [4.78, 5) is 14.8. The third-order valence-corrected chi connectivity index (χ3v) is 4.70. The standard InChI is InChI=1S/C16H14N2OS2/c1-17-9-5-8-13(17)10-14-15(19)18(16(20)21-14)11-12-6-3-2-4-7-12/h2-10H,11H2,1H3/b14-10-. The Morgan fingerprint density at radius 1 is 1.19 bits per heavy atom. The van der Waals surface area contributed by atoms with Gasteiger partial charge in [-0.1, -0.05) is 54.3 Å². The molecule has 0 spiro atoms. The third-order valence-electron chi connectivity index (χ3n) is 3.32. The van der Waals surface area contributed by atoms with Crippen LogP contribution in [0.5, 0.6) is 0 Å². The van der Waals surface area contributed by atoms with Gasteiger partial charge >= 0.3 is 0 Å². The second-order valence-corrected chi connectivity index (χ2v) is 6.47. The molecule has 1 fully saturated rings. The predicted octanol–water partition coefficient (Wildman–Crippen LogP) is 3.43. The Kier molecular flexibility index (Phi) is 3.94. The first-order chi connectivity index (χ1) is 10.1. The number of carbonyl (C=O) groups is 1. The smallest absolute Gasteiger partial charge is 0.266 e. The summed E-state index contributed by atoms with van der Waals surface area (Å²) in [7, 11) is 1.95. The number of amides is 1. The van der Waals surface area contributed by atoms with E-state index in [0.717, 1.165) is 11.3 Å². The van der Waals surface area contributed by atoms with Crippen molar-refractivity contribution in [1.29, 1.82) is 0 Å². The number of hydrogen-bond acceptors (Lipinski definition) is 3. The number of rotatable bonds is 3. The molecule has 1 aliphatic rings. The summed E-state index contributed by atoms with van der Waals surface area (Å²) in [6.07, 6.45) is 3.85. The Morgan fingerprint density at radius 3 is 2.62 bits per heavy atom. The fourth-order valence-corrected chi connectivity index (χ4v) is 3.40. The Morgan fingerprint density at radius 2 is 1.95 bits per heavy atom. The van der Waals surface area contributed by atoms with Crippen LogP contribution in [-0.4, -0.2) is 19.7 Å². The SMILES string of the molecule is Cn1cccc1/C=C1\SC(=S)N(Cc2ccccc2)C1=O. The zero-order valence-corrected chi connectivity index (χ0v) is 13.2. The van der Waals surface area contributed by atoms with Crippen LogP contribution in [0.1, 0.15) is 11.3 Å². The largest absolute Gasteiger partial charge is 0.351 e. The summed E-state index contributed by atoms with van der Waals surface area (Å²) < 4.78 is 2.59. The molecule has 21 heavy (non-hydrogen) atoms. The number of aromatic nitrogens is 1. The molecule has 0 unspecified atom stereocenters. The molecule has 2 heterocycles. The zero-order chi connectivity index (χ0) is 14.8. The van der Waals surface area contributed by atoms with Gasteiger partial charge in [0.15, 0.2) is 0 Å². The molecule has 0 N–H and O–H groups in total. The van der Waals surface area contributed by atoms with Gasteiger partial charge in [-0.15, -0.1) is 0 Å². The van der Waals surface area contributed by atoms with Crippen molar-refractivity contribution in [3.8, 4) is 0 Å². The first-order valence-corrected chi connectivity index (χ1v) is 7.78. The maximum atomic E-state index is 12.5. The molecule has 1 aromatic heterocycles. The Bertz CT molecular complexity index is 719. The topological polar surface area (TPSA) is 25.2 Å². The highest BCUT2D eigenvalue weighted by atomic mass is 32.2. The van der Waals surface area contributed by atoms with Crippen LogP contribution in [0.2, 0.25) is 0 Å². The van der Waals surface area contributed by atoms with Crippen LogP contribution in [0.4, 0.5) is 0 Å². The minimum atomic E-state index is -0.0185. The highest BCUT2D eigenvalue weighted by molar-refractivity contribution is 8.26. The van der Waals surface area contributed by atoms with Gasteiger partial charge in [-0.3, -0.25) is 9.69 Å². The van der Waals surface area contributed by atoms with Crippen molar-refractivity contribution in [2.75, 3.05) is 0 Å². The van der Waals surface area contributed by atoms with Gasteiger partial charge in [-0.25, -0.2) is 0 Å². The lowest BCUT2D eigenvalue weighted by molar-refractivity contribution is -0.122. The molecule has 1 aliphatic heterocycles. The molecule has 1 amide bonds. The molecular formula is C16H14N2OS2. The van der Waals surface area contributed by atoms with Crippen molar-refractivity contribution in [3.05, 3.63) is 64.8 Å². The lowest BCUT2D eigenvalue weighted by atomic mass is 10.2. The van der Waals surface area contributed by atoms with Crippen LogP contribution in [0.3, 0.4) is 0 Å². The van der Waals surface area contributed by atoms with Crippen molar-refractivity contribution in [2.24, 2.45) is 7.05 Å². The third kappa shape index (κ3) is 2.94. The molecule has 5 heteroatoms. The van der Waals surface area contributed by atoms with Gasteiger partial charge in [0.2, 0.25) is 0 Å². The molecule has 0 bridgehead atoms. The van der Waals surface area contributed by atoms with Crippen LogP contribution in [0.15, 0.2) is 53.6 Å². The van der Waals surface area contributed by atoms with Crippen molar-refractivity contribution < 1.29 is 4.79 Å². The quantitative estimate of drug-likeness (QED) is 0.641. The minimum Gasteiger partial charge on any atom is -0.351 e. The fraction of sp³-hybridized carbons (Fsp3) is 0.125. The van der Waals surface area contributed by atoms with Gasteiger partial charge in [0.05, 0.1) is 11.4 Å². The molecule has 106 valence electrons. The number of aryl methyl sites for hydroxylation is 1. The van der Waals surface area contributed by atoms with Crippen LogP contribution < -0.4 is 0 Å². The van der Waals surface area contributed by atoms with E-state index in [1.54, 1.807) is 4.90 Å². The number of thioether (sulfide) groups is 1. The van der Waals surface area contributed by atoms with Crippen molar-refractivity contribution in [2.45, 2.75) is 6.54 Å². The Hall–Kier alpha value is -1.85. The second-order valence-electron chi connectivity index (χ2n) is 4.80. The number of nitrogens with zero attached hydrogens (tertiary/aromatic N) is 2. The van der Waals surface area contributed by atoms with Gasteiger partial charge in [-0.05, 0) is 23.8 Å². The lowest BCUT2D eigenvalue weighted by Gasteiger charge is -2.14. The summed E-state index contributed by atoms with van der Waals surface area (Å²) in [5.74, 6) is -0.0185. The van der Waals surface area contributed by atoms with Gasteiger partial charge in [-0.2, -0.15) is 0 Å². The molecule has 1 aromatic carbocycles. The van der Waals surface area contributed by atoms with Crippen molar-refractivity contribution in [1.82, 2.24) is 9.47 Å². The highest BCUT2D eigenvalue weighted by Gasteiger charge is 2.32. The Labute approximate surface area is 133 Å². The number of thiocarbonyl (C=S) groups is 1. The van der Waals surface area contributed by atoms with E-state index in [9.17, 15) is 4.79 Å². The van der Waals surface area contributed by atoms with E-state index in [4.69, 9.17) is 12.2 Å². The molecule has 0 aliphatic carbocycles. The zero-order valence-electron chi connectivity index (χ0n) is 11.5. The van der Waals surface area contributed by atoms with Crippen LogP contribution in [0.25, 0.3) is 6.08 Å². The normalized spacial score (nSPS) is 17.0. The molecule has 0 saturated carbocycles. The molecule has 2 aromatic rings. The molecule has 0 radical (unpaired) electrons. The molecular weight excluding hydrogens is 300 g/mol. The maximum absolute atomic E-state index is 12.5.